The number of benzene rings is 2. The molecule has 2 aromatic carbocycles. The maximum absolute atomic E-state index is 12.6. The third-order valence-corrected chi connectivity index (χ3v) is 5.98. The molecule has 1 fully saturated rings. The maximum Gasteiger partial charge on any atom is 0.252 e. The van der Waals surface area contributed by atoms with Crippen molar-refractivity contribution in [1.82, 2.24) is 15.2 Å². The summed E-state index contributed by atoms with van der Waals surface area (Å²) in [6, 6.07) is 21.9. The molecule has 0 unspecified atom stereocenters. The van der Waals surface area contributed by atoms with Crippen LogP contribution in [0.5, 0.6) is 0 Å². The Bertz CT molecular complexity index is 1060. The minimum absolute atomic E-state index is 0.114. The van der Waals surface area contributed by atoms with Gasteiger partial charge in [0.05, 0.1) is 12.0 Å². The van der Waals surface area contributed by atoms with Gasteiger partial charge < -0.3 is 15.1 Å². The number of carbonyl (C=O) groups is 2. The van der Waals surface area contributed by atoms with Gasteiger partial charge in [0, 0.05) is 38.9 Å². The number of anilines is 1. The Morgan fingerprint density at radius 2 is 1.61 bits per heavy atom. The number of hydrogen-bond donors (Lipinski definition) is 1. The quantitative estimate of drug-likeness (QED) is 0.610. The first-order chi connectivity index (χ1) is 16.1. The first-order valence-electron chi connectivity index (χ1n) is 11.4. The number of amides is 2. The zero-order valence-corrected chi connectivity index (χ0v) is 19.0. The summed E-state index contributed by atoms with van der Waals surface area (Å²) in [5, 5.41) is 2.95. The molecule has 1 aliphatic rings. The molecule has 1 N–H and O–H groups in total. The average molecular weight is 443 g/mol. The van der Waals surface area contributed by atoms with E-state index >= 15 is 0 Å². The number of rotatable bonds is 7. The predicted molar refractivity (Wildman–Crippen MR) is 130 cm³/mol. The summed E-state index contributed by atoms with van der Waals surface area (Å²) in [6.07, 6.45) is 2.86. The van der Waals surface area contributed by atoms with Gasteiger partial charge in [-0.15, -0.1) is 0 Å². The molecule has 170 valence electrons. The van der Waals surface area contributed by atoms with E-state index in [1.165, 1.54) is 11.1 Å². The Kier molecular flexibility index (Phi) is 7.35. The summed E-state index contributed by atoms with van der Waals surface area (Å²) in [5.74, 6) is 0.881. The first-order valence-corrected chi connectivity index (χ1v) is 11.4. The summed E-state index contributed by atoms with van der Waals surface area (Å²) in [6.45, 7) is 5.44. The molecule has 0 radical (unpaired) electrons. The molecule has 0 atom stereocenters. The van der Waals surface area contributed by atoms with Crippen molar-refractivity contribution in [2.24, 2.45) is 0 Å². The van der Waals surface area contributed by atoms with Gasteiger partial charge in [0.2, 0.25) is 5.91 Å². The molecule has 6 nitrogen and oxygen atoms in total. The molecular formula is C27H30N4O2. The normalized spacial score (nSPS) is 13.6. The summed E-state index contributed by atoms with van der Waals surface area (Å²) in [7, 11) is 0. The van der Waals surface area contributed by atoms with Gasteiger partial charge in [0.15, 0.2) is 0 Å². The number of piperazine rings is 1. The molecule has 0 aliphatic carbocycles. The second-order valence-electron chi connectivity index (χ2n) is 8.43. The molecule has 1 saturated heterocycles. The van der Waals surface area contributed by atoms with Crippen molar-refractivity contribution >= 4 is 17.6 Å². The summed E-state index contributed by atoms with van der Waals surface area (Å²) < 4.78 is 0. The van der Waals surface area contributed by atoms with Crippen molar-refractivity contribution in [2.75, 3.05) is 37.6 Å². The molecule has 6 heteroatoms. The van der Waals surface area contributed by atoms with Crippen LogP contribution >= 0.6 is 0 Å². The van der Waals surface area contributed by atoms with E-state index in [4.69, 9.17) is 0 Å². The number of nitrogens with zero attached hydrogens (tertiary/aromatic N) is 3. The Hall–Kier alpha value is -3.67. The van der Waals surface area contributed by atoms with Gasteiger partial charge in [-0.3, -0.25) is 9.59 Å². The van der Waals surface area contributed by atoms with E-state index in [0.717, 1.165) is 30.9 Å². The highest BCUT2D eigenvalue weighted by atomic mass is 16.2. The first kappa shape index (κ1) is 22.5. The number of carbonyl (C=O) groups excluding carboxylic acids is 2. The van der Waals surface area contributed by atoms with Crippen LogP contribution < -0.4 is 10.2 Å². The number of hydrogen-bond acceptors (Lipinski definition) is 4. The number of aryl methyl sites for hydroxylation is 1. The van der Waals surface area contributed by atoms with Crippen molar-refractivity contribution in [3.05, 3.63) is 95.2 Å². The average Bonchev–Trinajstić information content (AvgIpc) is 2.86. The van der Waals surface area contributed by atoms with Gasteiger partial charge in [-0.1, -0.05) is 60.2 Å². The topological polar surface area (TPSA) is 65.5 Å². The van der Waals surface area contributed by atoms with Gasteiger partial charge in [0.25, 0.3) is 5.91 Å². The largest absolute Gasteiger partial charge is 0.353 e. The van der Waals surface area contributed by atoms with Crippen LogP contribution in [0.3, 0.4) is 0 Å². The van der Waals surface area contributed by atoms with Crippen LogP contribution in [0.15, 0.2) is 72.9 Å². The Morgan fingerprint density at radius 3 is 2.27 bits per heavy atom. The molecule has 33 heavy (non-hydrogen) atoms. The zero-order chi connectivity index (χ0) is 23.0. The van der Waals surface area contributed by atoms with Crippen LogP contribution in [0.2, 0.25) is 0 Å². The van der Waals surface area contributed by atoms with Gasteiger partial charge in [0.1, 0.15) is 5.82 Å². The van der Waals surface area contributed by atoms with Crippen LogP contribution in [0.25, 0.3) is 0 Å². The number of pyridine rings is 1. The molecule has 2 heterocycles. The van der Waals surface area contributed by atoms with E-state index in [9.17, 15) is 9.59 Å². The molecule has 2 amide bonds. The molecule has 0 spiro atoms. The Labute approximate surface area is 195 Å². The van der Waals surface area contributed by atoms with Crippen molar-refractivity contribution < 1.29 is 9.59 Å². The molecule has 0 saturated carbocycles. The lowest BCUT2D eigenvalue weighted by Gasteiger charge is -2.35. The fourth-order valence-electron chi connectivity index (χ4n) is 3.95. The maximum atomic E-state index is 12.6. The van der Waals surface area contributed by atoms with E-state index in [1.54, 1.807) is 6.20 Å². The minimum atomic E-state index is -0.114. The van der Waals surface area contributed by atoms with Crippen molar-refractivity contribution in [3.63, 3.8) is 0 Å². The highest BCUT2D eigenvalue weighted by Crippen LogP contribution is 2.15. The minimum Gasteiger partial charge on any atom is -0.353 e. The lowest BCUT2D eigenvalue weighted by atomic mass is 10.1. The van der Waals surface area contributed by atoms with E-state index in [2.05, 4.69) is 27.3 Å². The highest BCUT2D eigenvalue weighted by Gasteiger charge is 2.22. The number of nitrogens with one attached hydrogen (secondary N) is 1. The third-order valence-electron chi connectivity index (χ3n) is 5.98. The fourth-order valence-corrected chi connectivity index (χ4v) is 3.95. The SMILES string of the molecule is Cc1ccc(CC(=O)N2CCN(c3ccc(C(=O)NCCc4ccccc4)cn3)CC2)cc1. The van der Waals surface area contributed by atoms with E-state index in [-0.39, 0.29) is 11.8 Å². The van der Waals surface area contributed by atoms with E-state index < -0.39 is 0 Å². The fraction of sp³-hybridized carbons (Fsp3) is 0.296. The molecule has 1 aliphatic heterocycles. The van der Waals surface area contributed by atoms with Crippen molar-refractivity contribution in [2.45, 2.75) is 19.8 Å². The van der Waals surface area contributed by atoms with Gasteiger partial charge in [-0.05, 0) is 36.6 Å². The second kappa shape index (κ2) is 10.8. The lowest BCUT2D eigenvalue weighted by molar-refractivity contribution is -0.130. The zero-order valence-electron chi connectivity index (χ0n) is 19.0. The second-order valence-corrected chi connectivity index (χ2v) is 8.43. The molecule has 0 bridgehead atoms. The molecule has 1 aromatic heterocycles. The van der Waals surface area contributed by atoms with Crippen molar-refractivity contribution in [1.29, 1.82) is 0 Å². The van der Waals surface area contributed by atoms with Crippen LogP contribution in [0.4, 0.5) is 5.82 Å². The molecule has 3 aromatic rings. The predicted octanol–water partition coefficient (Wildman–Crippen LogP) is 3.25. The smallest absolute Gasteiger partial charge is 0.252 e. The van der Waals surface area contributed by atoms with Gasteiger partial charge >= 0.3 is 0 Å². The molecular weight excluding hydrogens is 412 g/mol. The van der Waals surface area contributed by atoms with Crippen LogP contribution in [-0.4, -0.2) is 54.4 Å². The summed E-state index contributed by atoms with van der Waals surface area (Å²) in [5.41, 5.74) is 4.00. The third kappa shape index (κ3) is 6.19. The van der Waals surface area contributed by atoms with Gasteiger partial charge in [-0.2, -0.15) is 0 Å². The monoisotopic (exact) mass is 442 g/mol. The number of aromatic nitrogens is 1. The van der Waals surface area contributed by atoms with Gasteiger partial charge in [-0.25, -0.2) is 4.98 Å². The summed E-state index contributed by atoms with van der Waals surface area (Å²) >= 11 is 0. The van der Waals surface area contributed by atoms with E-state index in [1.807, 2.05) is 66.4 Å². The Balaban J connectivity index is 1.23. The van der Waals surface area contributed by atoms with E-state index in [0.29, 0.717) is 31.6 Å². The standard InChI is InChI=1S/C27H30N4O2/c1-21-7-9-23(10-8-21)19-26(32)31-17-15-30(16-18-31)25-12-11-24(20-29-25)27(33)28-14-13-22-5-3-2-4-6-22/h2-12,20H,13-19H2,1H3,(H,28,33). The highest BCUT2D eigenvalue weighted by molar-refractivity contribution is 5.94. The van der Waals surface area contributed by atoms with Crippen LogP contribution in [0.1, 0.15) is 27.0 Å². The molecule has 4 rings (SSSR count). The van der Waals surface area contributed by atoms with Crippen molar-refractivity contribution in [3.8, 4) is 0 Å². The Morgan fingerprint density at radius 1 is 0.879 bits per heavy atom. The lowest BCUT2D eigenvalue weighted by Crippen LogP contribution is -2.49. The van der Waals surface area contributed by atoms with Crippen LogP contribution in [0, 0.1) is 6.92 Å². The summed E-state index contributed by atoms with van der Waals surface area (Å²) in [4.78, 5) is 33.6. The van der Waals surface area contributed by atoms with Crippen LogP contribution in [-0.2, 0) is 17.6 Å².